The Bertz CT molecular complexity index is 963. The summed E-state index contributed by atoms with van der Waals surface area (Å²) < 4.78 is 14.7. The van der Waals surface area contributed by atoms with E-state index in [-0.39, 0.29) is 17.8 Å². The molecule has 6 nitrogen and oxygen atoms in total. The van der Waals surface area contributed by atoms with Crippen LogP contribution in [0.3, 0.4) is 0 Å². The van der Waals surface area contributed by atoms with Crippen molar-refractivity contribution in [1.29, 1.82) is 0 Å². The summed E-state index contributed by atoms with van der Waals surface area (Å²) in [5, 5.41) is 11.1. The van der Waals surface area contributed by atoms with E-state index in [1.54, 1.807) is 19.1 Å². The quantitative estimate of drug-likeness (QED) is 0.437. The molecule has 0 saturated heterocycles. The standard InChI is InChI=1S/C21H24FN5OS/c1-14(11-12-16-7-4-3-5-8-16)24-20(28)15(2)29-21-26-25-19(27(21)23)17-9-6-10-18(22)13-17/h3-10,13-15H,11-12,23H2,1-2H3,(H,24,28)/t14-,15+/m0/s1. The first-order valence-corrected chi connectivity index (χ1v) is 10.3. The maximum atomic E-state index is 13.4. The van der Waals surface area contributed by atoms with Crippen LogP contribution in [0.15, 0.2) is 59.8 Å². The van der Waals surface area contributed by atoms with Crippen molar-refractivity contribution in [3.8, 4) is 11.4 Å². The van der Waals surface area contributed by atoms with Crippen molar-refractivity contribution in [3.05, 3.63) is 66.0 Å². The second-order valence-electron chi connectivity index (χ2n) is 6.88. The van der Waals surface area contributed by atoms with Gasteiger partial charge in [-0.3, -0.25) is 4.79 Å². The molecule has 0 radical (unpaired) electrons. The zero-order valence-corrected chi connectivity index (χ0v) is 17.2. The van der Waals surface area contributed by atoms with E-state index in [0.717, 1.165) is 12.8 Å². The number of hydrogen-bond acceptors (Lipinski definition) is 5. The van der Waals surface area contributed by atoms with Crippen LogP contribution < -0.4 is 11.2 Å². The van der Waals surface area contributed by atoms with Crippen molar-refractivity contribution in [2.75, 3.05) is 5.84 Å². The van der Waals surface area contributed by atoms with Crippen LogP contribution in [0.1, 0.15) is 25.8 Å². The summed E-state index contributed by atoms with van der Waals surface area (Å²) in [5.41, 5.74) is 1.77. The predicted octanol–water partition coefficient (Wildman–Crippen LogP) is 3.42. The lowest BCUT2D eigenvalue weighted by Gasteiger charge is -2.17. The summed E-state index contributed by atoms with van der Waals surface area (Å²) in [7, 11) is 0. The number of amides is 1. The molecule has 0 aliphatic carbocycles. The number of nitrogen functional groups attached to an aromatic ring is 1. The van der Waals surface area contributed by atoms with Crippen LogP contribution in [-0.2, 0) is 11.2 Å². The van der Waals surface area contributed by atoms with Crippen LogP contribution in [0.5, 0.6) is 0 Å². The first-order chi connectivity index (χ1) is 13.9. The van der Waals surface area contributed by atoms with Gasteiger partial charge in [0.2, 0.25) is 11.1 Å². The molecule has 1 aromatic heterocycles. The molecule has 2 aromatic carbocycles. The van der Waals surface area contributed by atoms with Gasteiger partial charge in [-0.05, 0) is 44.4 Å². The number of carbonyl (C=O) groups excluding carboxylic acids is 1. The van der Waals surface area contributed by atoms with Crippen LogP contribution in [0.4, 0.5) is 4.39 Å². The number of nitrogens with two attached hydrogens (primary N) is 1. The molecule has 0 unspecified atom stereocenters. The third-order valence-electron chi connectivity index (χ3n) is 4.50. The third kappa shape index (κ3) is 5.57. The Morgan fingerprint density at radius 3 is 2.66 bits per heavy atom. The molecule has 8 heteroatoms. The monoisotopic (exact) mass is 413 g/mol. The van der Waals surface area contributed by atoms with Crippen molar-refractivity contribution in [2.24, 2.45) is 0 Å². The molecule has 29 heavy (non-hydrogen) atoms. The highest BCUT2D eigenvalue weighted by atomic mass is 32.2. The molecule has 0 bridgehead atoms. The second kappa shape index (κ2) is 9.56. The molecule has 3 aromatic rings. The summed E-state index contributed by atoms with van der Waals surface area (Å²) in [5.74, 6) is 5.94. The number of thioether (sulfide) groups is 1. The van der Waals surface area contributed by atoms with E-state index in [4.69, 9.17) is 5.84 Å². The topological polar surface area (TPSA) is 85.8 Å². The molecule has 0 aliphatic heterocycles. The van der Waals surface area contributed by atoms with Gasteiger partial charge < -0.3 is 11.2 Å². The molecule has 0 saturated carbocycles. The molecule has 2 atom stereocenters. The third-order valence-corrected chi connectivity index (χ3v) is 5.55. The van der Waals surface area contributed by atoms with Gasteiger partial charge in [-0.15, -0.1) is 10.2 Å². The number of aromatic nitrogens is 3. The Labute approximate surface area is 173 Å². The highest BCUT2D eigenvalue weighted by Gasteiger charge is 2.21. The average molecular weight is 414 g/mol. The zero-order chi connectivity index (χ0) is 20.8. The largest absolute Gasteiger partial charge is 0.353 e. The van der Waals surface area contributed by atoms with Gasteiger partial charge in [0, 0.05) is 11.6 Å². The van der Waals surface area contributed by atoms with Gasteiger partial charge in [0.15, 0.2) is 5.82 Å². The molecule has 152 valence electrons. The van der Waals surface area contributed by atoms with Crippen LogP contribution in [0.2, 0.25) is 0 Å². The van der Waals surface area contributed by atoms with Crippen LogP contribution >= 0.6 is 11.8 Å². The number of hydrogen-bond donors (Lipinski definition) is 2. The van der Waals surface area contributed by atoms with Gasteiger partial charge >= 0.3 is 0 Å². The summed E-state index contributed by atoms with van der Waals surface area (Å²) in [4.78, 5) is 12.5. The summed E-state index contributed by atoms with van der Waals surface area (Å²) in [6.45, 7) is 3.78. The van der Waals surface area contributed by atoms with Crippen molar-refractivity contribution in [2.45, 2.75) is 43.1 Å². The van der Waals surface area contributed by atoms with Crippen molar-refractivity contribution < 1.29 is 9.18 Å². The predicted molar refractivity (Wildman–Crippen MR) is 113 cm³/mol. The number of nitrogens with one attached hydrogen (secondary N) is 1. The Balaban J connectivity index is 1.55. The van der Waals surface area contributed by atoms with E-state index in [1.807, 2.05) is 25.1 Å². The number of benzene rings is 2. The van der Waals surface area contributed by atoms with Crippen LogP contribution in [0.25, 0.3) is 11.4 Å². The van der Waals surface area contributed by atoms with E-state index in [9.17, 15) is 9.18 Å². The Hall–Kier alpha value is -2.87. The van der Waals surface area contributed by atoms with Gasteiger partial charge in [0.05, 0.1) is 5.25 Å². The summed E-state index contributed by atoms with van der Waals surface area (Å²) in [6, 6.07) is 16.2. The van der Waals surface area contributed by atoms with Crippen molar-refractivity contribution in [1.82, 2.24) is 20.2 Å². The van der Waals surface area contributed by atoms with E-state index >= 15 is 0 Å². The molecule has 1 amide bonds. The molecule has 1 heterocycles. The van der Waals surface area contributed by atoms with Crippen molar-refractivity contribution >= 4 is 17.7 Å². The number of carbonyl (C=O) groups is 1. The lowest BCUT2D eigenvalue weighted by Crippen LogP contribution is -2.38. The van der Waals surface area contributed by atoms with E-state index in [1.165, 1.54) is 34.1 Å². The van der Waals surface area contributed by atoms with E-state index < -0.39 is 5.25 Å². The SMILES string of the molecule is C[C@@H](CCc1ccccc1)NC(=O)[C@@H](C)Sc1nnc(-c2cccc(F)c2)n1N. The molecule has 0 aliphatic rings. The van der Waals surface area contributed by atoms with Gasteiger partial charge in [0.25, 0.3) is 0 Å². The zero-order valence-electron chi connectivity index (χ0n) is 16.4. The number of rotatable bonds is 8. The second-order valence-corrected chi connectivity index (χ2v) is 8.19. The lowest BCUT2D eigenvalue weighted by atomic mass is 10.1. The maximum Gasteiger partial charge on any atom is 0.233 e. The fourth-order valence-electron chi connectivity index (χ4n) is 2.85. The van der Waals surface area contributed by atoms with Crippen molar-refractivity contribution in [3.63, 3.8) is 0 Å². The number of aryl methyl sites for hydroxylation is 1. The van der Waals surface area contributed by atoms with Gasteiger partial charge in [-0.25, -0.2) is 9.07 Å². The molecule has 3 rings (SSSR count). The van der Waals surface area contributed by atoms with E-state index in [0.29, 0.717) is 16.5 Å². The number of halogens is 1. The molecule has 3 N–H and O–H groups in total. The van der Waals surface area contributed by atoms with E-state index in [2.05, 4.69) is 27.6 Å². The first-order valence-electron chi connectivity index (χ1n) is 9.41. The van der Waals surface area contributed by atoms with Gasteiger partial charge in [0.1, 0.15) is 5.82 Å². The Morgan fingerprint density at radius 1 is 1.17 bits per heavy atom. The normalized spacial score (nSPS) is 13.1. The highest BCUT2D eigenvalue weighted by molar-refractivity contribution is 8.00. The molecule has 0 spiro atoms. The molecule has 0 fully saturated rings. The highest BCUT2D eigenvalue weighted by Crippen LogP contribution is 2.25. The lowest BCUT2D eigenvalue weighted by molar-refractivity contribution is -0.120. The minimum absolute atomic E-state index is 0.0457. The summed E-state index contributed by atoms with van der Waals surface area (Å²) >= 11 is 1.21. The van der Waals surface area contributed by atoms with Crippen LogP contribution in [-0.4, -0.2) is 32.1 Å². The fourth-order valence-corrected chi connectivity index (χ4v) is 3.63. The minimum atomic E-state index is -0.402. The maximum absolute atomic E-state index is 13.4. The van der Waals surface area contributed by atoms with Crippen LogP contribution in [0, 0.1) is 5.82 Å². The number of nitrogens with zero attached hydrogens (tertiary/aromatic N) is 3. The first kappa shape index (κ1) is 20.9. The van der Waals surface area contributed by atoms with Gasteiger partial charge in [-0.1, -0.05) is 54.2 Å². The molecular formula is C21H24FN5OS. The minimum Gasteiger partial charge on any atom is -0.353 e. The fraction of sp³-hybridized carbons (Fsp3) is 0.286. The Morgan fingerprint density at radius 2 is 1.93 bits per heavy atom. The Kier molecular flexibility index (Phi) is 6.87. The average Bonchev–Trinajstić information content (AvgIpc) is 3.07. The smallest absolute Gasteiger partial charge is 0.233 e. The molecular weight excluding hydrogens is 389 g/mol. The summed E-state index contributed by atoms with van der Waals surface area (Å²) in [6.07, 6.45) is 1.75. The van der Waals surface area contributed by atoms with Gasteiger partial charge in [-0.2, -0.15) is 0 Å².